The van der Waals surface area contributed by atoms with Gasteiger partial charge in [0.1, 0.15) is 5.60 Å². The first-order valence-electron chi connectivity index (χ1n) is 7.97. The fourth-order valence-electron chi connectivity index (χ4n) is 3.87. The van der Waals surface area contributed by atoms with Crippen LogP contribution in [0.2, 0.25) is 0 Å². The lowest BCUT2D eigenvalue weighted by atomic mass is 9.89. The number of fused-ring (bicyclic) bond motifs is 2. The van der Waals surface area contributed by atoms with Gasteiger partial charge in [-0.25, -0.2) is 9.48 Å². The fourth-order valence-corrected chi connectivity index (χ4v) is 3.87. The Bertz CT molecular complexity index is 544. The summed E-state index contributed by atoms with van der Waals surface area (Å²) in [5.74, 6) is 2.10. The summed E-state index contributed by atoms with van der Waals surface area (Å²) in [4.78, 5) is 12.1. The van der Waals surface area contributed by atoms with Crippen molar-refractivity contribution in [2.24, 2.45) is 17.8 Å². The molecule has 21 heavy (non-hydrogen) atoms. The zero-order valence-corrected chi connectivity index (χ0v) is 13.4. The topological polar surface area (TPSA) is 57.0 Å². The maximum atomic E-state index is 12.1. The van der Waals surface area contributed by atoms with Gasteiger partial charge in [0.05, 0.1) is 5.69 Å². The first kappa shape index (κ1) is 14.5. The molecule has 5 heteroatoms. The number of ether oxygens (including phenoxy) is 1. The molecule has 2 aliphatic rings. The molecule has 2 aliphatic carbocycles. The molecule has 0 aliphatic heterocycles. The second kappa shape index (κ2) is 5.11. The van der Waals surface area contributed by atoms with Gasteiger partial charge in [-0.3, -0.25) is 0 Å². The highest BCUT2D eigenvalue weighted by molar-refractivity contribution is 5.88. The third-order valence-electron chi connectivity index (χ3n) is 4.87. The van der Waals surface area contributed by atoms with Gasteiger partial charge in [0.25, 0.3) is 0 Å². The minimum Gasteiger partial charge on any atom is -0.455 e. The minimum atomic E-state index is -0.502. The first-order valence-corrected chi connectivity index (χ1v) is 7.97. The fraction of sp³-hybridized carbons (Fsp3) is 0.812. The van der Waals surface area contributed by atoms with E-state index in [2.05, 4.69) is 10.3 Å². The Kier molecular flexibility index (Phi) is 3.54. The van der Waals surface area contributed by atoms with E-state index in [1.165, 1.54) is 25.7 Å². The highest BCUT2D eigenvalue weighted by Crippen LogP contribution is 2.48. The van der Waals surface area contributed by atoms with Crippen molar-refractivity contribution >= 4 is 5.97 Å². The van der Waals surface area contributed by atoms with Crippen molar-refractivity contribution in [2.75, 3.05) is 0 Å². The molecule has 1 aromatic heterocycles. The predicted molar refractivity (Wildman–Crippen MR) is 78.9 cm³/mol. The Balaban J connectivity index is 1.69. The molecule has 1 aromatic rings. The van der Waals surface area contributed by atoms with Gasteiger partial charge in [-0.1, -0.05) is 11.6 Å². The van der Waals surface area contributed by atoms with Crippen molar-refractivity contribution in [2.45, 2.75) is 65.5 Å². The lowest BCUT2D eigenvalue weighted by molar-refractivity contribution is 0.00618. The standard InChI is InChI=1S/C16H25N3O2/c1-10-14(15(20)21-16(2,3)4)17-18-19(10)9-13-8-11-5-6-12(13)7-11/h11-13H,5-9H2,1-4H3. The van der Waals surface area contributed by atoms with Crippen molar-refractivity contribution in [1.82, 2.24) is 15.0 Å². The summed E-state index contributed by atoms with van der Waals surface area (Å²) in [5.41, 5.74) is 0.679. The maximum Gasteiger partial charge on any atom is 0.361 e. The quantitative estimate of drug-likeness (QED) is 0.803. The number of rotatable bonds is 3. The molecule has 3 rings (SSSR count). The van der Waals surface area contributed by atoms with E-state index < -0.39 is 5.60 Å². The molecule has 0 spiro atoms. The molecule has 2 bridgehead atoms. The van der Waals surface area contributed by atoms with Gasteiger partial charge in [-0.2, -0.15) is 0 Å². The molecule has 5 nitrogen and oxygen atoms in total. The average molecular weight is 291 g/mol. The van der Waals surface area contributed by atoms with Crippen LogP contribution < -0.4 is 0 Å². The normalized spacial score (nSPS) is 28.1. The highest BCUT2D eigenvalue weighted by atomic mass is 16.6. The van der Waals surface area contributed by atoms with Crippen LogP contribution in [0.1, 0.15) is 62.6 Å². The molecule has 0 N–H and O–H groups in total. The summed E-state index contributed by atoms with van der Waals surface area (Å²) in [6.45, 7) is 8.38. The first-order chi connectivity index (χ1) is 9.83. The van der Waals surface area contributed by atoms with E-state index in [-0.39, 0.29) is 5.97 Å². The number of nitrogens with zero attached hydrogens (tertiary/aromatic N) is 3. The molecular formula is C16H25N3O2. The second-order valence-electron chi connectivity index (χ2n) is 7.64. The van der Waals surface area contributed by atoms with Crippen LogP contribution in [-0.4, -0.2) is 26.6 Å². The van der Waals surface area contributed by atoms with Gasteiger partial charge in [-0.05, 0) is 64.7 Å². The van der Waals surface area contributed by atoms with Gasteiger partial charge < -0.3 is 4.74 Å². The van der Waals surface area contributed by atoms with Gasteiger partial charge in [-0.15, -0.1) is 5.10 Å². The van der Waals surface area contributed by atoms with E-state index in [0.29, 0.717) is 11.6 Å². The zero-order chi connectivity index (χ0) is 15.2. The Labute approximate surface area is 126 Å². The molecule has 1 heterocycles. The third-order valence-corrected chi connectivity index (χ3v) is 4.87. The Morgan fingerprint density at radius 2 is 2.10 bits per heavy atom. The molecule has 3 unspecified atom stereocenters. The molecule has 0 aromatic carbocycles. The van der Waals surface area contributed by atoms with Crippen LogP contribution in [0.25, 0.3) is 0 Å². The SMILES string of the molecule is Cc1c(C(=O)OC(C)(C)C)nnn1CC1CC2CCC1C2. The van der Waals surface area contributed by atoms with Crippen LogP contribution in [-0.2, 0) is 11.3 Å². The van der Waals surface area contributed by atoms with Crippen LogP contribution >= 0.6 is 0 Å². The van der Waals surface area contributed by atoms with Gasteiger partial charge in [0, 0.05) is 6.54 Å². The van der Waals surface area contributed by atoms with Crippen molar-refractivity contribution in [1.29, 1.82) is 0 Å². The largest absolute Gasteiger partial charge is 0.455 e. The van der Waals surface area contributed by atoms with Crippen LogP contribution in [0, 0.1) is 24.7 Å². The number of carbonyl (C=O) groups is 1. The molecule has 0 amide bonds. The molecule has 2 saturated carbocycles. The third kappa shape index (κ3) is 2.97. The van der Waals surface area contributed by atoms with Gasteiger partial charge in [0.2, 0.25) is 0 Å². The van der Waals surface area contributed by atoms with Crippen molar-refractivity contribution < 1.29 is 9.53 Å². The molecule has 0 saturated heterocycles. The van der Waals surface area contributed by atoms with E-state index in [0.717, 1.165) is 24.1 Å². The summed E-state index contributed by atoms with van der Waals surface area (Å²) < 4.78 is 7.28. The summed E-state index contributed by atoms with van der Waals surface area (Å²) in [7, 11) is 0. The van der Waals surface area contributed by atoms with Crippen LogP contribution in [0.5, 0.6) is 0 Å². The lowest BCUT2D eigenvalue weighted by Crippen LogP contribution is -2.24. The average Bonchev–Trinajstić information content (AvgIpc) is 3.04. The van der Waals surface area contributed by atoms with E-state index in [1.807, 2.05) is 32.4 Å². The van der Waals surface area contributed by atoms with Crippen LogP contribution in [0.4, 0.5) is 0 Å². The van der Waals surface area contributed by atoms with Gasteiger partial charge in [0.15, 0.2) is 5.69 Å². The second-order valence-corrected chi connectivity index (χ2v) is 7.64. The summed E-state index contributed by atoms with van der Waals surface area (Å²) >= 11 is 0. The minimum absolute atomic E-state index is 0.355. The summed E-state index contributed by atoms with van der Waals surface area (Å²) in [5, 5.41) is 8.22. The highest BCUT2D eigenvalue weighted by Gasteiger charge is 2.40. The number of esters is 1. The molecule has 3 atom stereocenters. The van der Waals surface area contributed by atoms with Crippen molar-refractivity contribution in [3.8, 4) is 0 Å². The Hall–Kier alpha value is -1.39. The Morgan fingerprint density at radius 1 is 1.33 bits per heavy atom. The molecular weight excluding hydrogens is 266 g/mol. The van der Waals surface area contributed by atoms with E-state index in [4.69, 9.17) is 4.74 Å². The molecule has 116 valence electrons. The number of hydrogen-bond donors (Lipinski definition) is 0. The van der Waals surface area contributed by atoms with Crippen LogP contribution in [0.3, 0.4) is 0 Å². The number of aromatic nitrogens is 3. The lowest BCUT2D eigenvalue weighted by Gasteiger charge is -2.21. The predicted octanol–water partition coefficient (Wildman–Crippen LogP) is 2.98. The van der Waals surface area contributed by atoms with E-state index in [1.54, 1.807) is 0 Å². The van der Waals surface area contributed by atoms with Crippen LogP contribution in [0.15, 0.2) is 0 Å². The zero-order valence-electron chi connectivity index (χ0n) is 13.4. The smallest absolute Gasteiger partial charge is 0.361 e. The maximum absolute atomic E-state index is 12.1. The molecule has 2 fully saturated rings. The van der Waals surface area contributed by atoms with E-state index in [9.17, 15) is 4.79 Å². The summed E-state index contributed by atoms with van der Waals surface area (Å²) in [6.07, 6.45) is 5.46. The summed E-state index contributed by atoms with van der Waals surface area (Å²) in [6, 6.07) is 0. The van der Waals surface area contributed by atoms with E-state index >= 15 is 0 Å². The number of carbonyl (C=O) groups excluding carboxylic acids is 1. The van der Waals surface area contributed by atoms with Gasteiger partial charge >= 0.3 is 5.97 Å². The monoisotopic (exact) mass is 291 g/mol. The Morgan fingerprint density at radius 3 is 2.67 bits per heavy atom. The van der Waals surface area contributed by atoms with Crippen molar-refractivity contribution in [3.63, 3.8) is 0 Å². The number of hydrogen-bond acceptors (Lipinski definition) is 4. The molecule has 0 radical (unpaired) electrons. The van der Waals surface area contributed by atoms with Crippen molar-refractivity contribution in [3.05, 3.63) is 11.4 Å².